The summed E-state index contributed by atoms with van der Waals surface area (Å²) < 4.78 is 30.4. The third-order valence-electron chi connectivity index (χ3n) is 4.68. The summed E-state index contributed by atoms with van der Waals surface area (Å²) >= 11 is 6.27. The molecule has 11 heteroatoms. The number of halogens is 1. The van der Waals surface area contributed by atoms with E-state index in [2.05, 4.69) is 20.5 Å². The second kappa shape index (κ2) is 9.88. The average Bonchev–Trinajstić information content (AvgIpc) is 3.15. The van der Waals surface area contributed by atoms with E-state index >= 15 is 0 Å². The van der Waals surface area contributed by atoms with Crippen LogP contribution in [-0.2, 0) is 14.8 Å². The van der Waals surface area contributed by atoms with Gasteiger partial charge in [0.2, 0.25) is 11.9 Å². The van der Waals surface area contributed by atoms with E-state index in [-0.39, 0.29) is 51.7 Å². The number of benzene rings is 1. The normalized spacial score (nSPS) is 11.8. The summed E-state index contributed by atoms with van der Waals surface area (Å²) in [5.41, 5.74) is 0.570. The maximum atomic E-state index is 13.7. The Morgan fingerprint density at radius 3 is 2.39 bits per heavy atom. The smallest absolute Gasteiger partial charge is 0.264 e. The number of amides is 1. The van der Waals surface area contributed by atoms with Gasteiger partial charge < -0.3 is 0 Å². The zero-order valence-electron chi connectivity index (χ0n) is 19.2. The van der Waals surface area contributed by atoms with Gasteiger partial charge in [-0.15, -0.1) is 10.2 Å². The van der Waals surface area contributed by atoms with Crippen LogP contribution in [-0.4, -0.2) is 40.6 Å². The molecule has 176 valence electrons. The first-order valence-corrected chi connectivity index (χ1v) is 12.3. The quantitative estimate of drug-likeness (QED) is 0.501. The topological polar surface area (TPSA) is 110 Å². The molecule has 3 aromatic rings. The van der Waals surface area contributed by atoms with Gasteiger partial charge in [0.15, 0.2) is 5.82 Å². The van der Waals surface area contributed by atoms with Crippen LogP contribution in [0.4, 0.5) is 11.6 Å². The first-order valence-electron chi connectivity index (χ1n) is 10.5. The van der Waals surface area contributed by atoms with Crippen molar-refractivity contribution in [1.29, 1.82) is 0 Å². The van der Waals surface area contributed by atoms with E-state index in [1.807, 2.05) is 27.7 Å². The number of hydrogen-bond donors (Lipinski definition) is 1. The van der Waals surface area contributed by atoms with Crippen LogP contribution in [0.2, 0.25) is 5.02 Å². The lowest BCUT2D eigenvalue weighted by Crippen LogP contribution is -2.35. The fourth-order valence-corrected chi connectivity index (χ4v) is 5.15. The molecule has 33 heavy (non-hydrogen) atoms. The molecule has 0 aliphatic rings. The summed E-state index contributed by atoms with van der Waals surface area (Å²) in [5.74, 6) is 0.274. The van der Waals surface area contributed by atoms with Crippen LogP contribution in [0.1, 0.15) is 40.7 Å². The van der Waals surface area contributed by atoms with Gasteiger partial charge in [-0.3, -0.25) is 19.0 Å². The highest BCUT2D eigenvalue weighted by molar-refractivity contribution is 7.92. The number of sulfonamides is 1. The van der Waals surface area contributed by atoms with Gasteiger partial charge in [-0.2, -0.15) is 0 Å². The van der Waals surface area contributed by atoms with E-state index in [4.69, 9.17) is 11.6 Å². The molecule has 0 radical (unpaired) electrons. The summed E-state index contributed by atoms with van der Waals surface area (Å²) in [4.78, 5) is 16.2. The van der Waals surface area contributed by atoms with Crippen LogP contribution >= 0.6 is 11.6 Å². The van der Waals surface area contributed by atoms with Crippen molar-refractivity contribution in [3.05, 3.63) is 47.6 Å². The maximum absolute atomic E-state index is 13.7. The highest BCUT2D eigenvalue weighted by Gasteiger charge is 2.31. The number of hydrogen-bond acceptors (Lipinski definition) is 6. The van der Waals surface area contributed by atoms with Crippen molar-refractivity contribution in [2.45, 2.75) is 45.6 Å². The van der Waals surface area contributed by atoms with Gasteiger partial charge in [0.05, 0.1) is 15.6 Å². The molecule has 1 N–H and O–H groups in total. The molecule has 1 aromatic carbocycles. The molecule has 1 amide bonds. The first-order chi connectivity index (χ1) is 15.5. The van der Waals surface area contributed by atoms with Gasteiger partial charge in [0, 0.05) is 25.7 Å². The molecule has 0 saturated carbocycles. The number of nitrogens with one attached hydrogen (secondary N) is 1. The van der Waals surface area contributed by atoms with Crippen LogP contribution < -0.4 is 9.62 Å². The van der Waals surface area contributed by atoms with E-state index < -0.39 is 10.0 Å². The molecule has 0 unspecified atom stereocenters. The van der Waals surface area contributed by atoms with Crippen molar-refractivity contribution in [2.75, 3.05) is 16.2 Å². The van der Waals surface area contributed by atoms with Crippen molar-refractivity contribution in [3.8, 4) is 11.5 Å². The Morgan fingerprint density at radius 2 is 1.82 bits per heavy atom. The molecule has 0 saturated heterocycles. The zero-order valence-corrected chi connectivity index (χ0v) is 20.7. The summed E-state index contributed by atoms with van der Waals surface area (Å²) in [7, 11) is -3.93. The SMILES string of the molecule is CC(=O)Nc1nnc(-c2ncc(Cl)cc2N(CC(C)C)S(=O)(=O)c2ccccc2)n1C(C)C. The number of carbonyl (C=O) groups is 1. The summed E-state index contributed by atoms with van der Waals surface area (Å²) in [6, 6.07) is 9.61. The fraction of sp³-hybridized carbons (Fsp3) is 0.364. The lowest BCUT2D eigenvalue weighted by atomic mass is 10.2. The molecule has 0 fully saturated rings. The maximum Gasteiger partial charge on any atom is 0.264 e. The molecular weight excluding hydrogens is 464 g/mol. The number of rotatable bonds is 8. The van der Waals surface area contributed by atoms with Gasteiger partial charge in [-0.1, -0.05) is 43.6 Å². The van der Waals surface area contributed by atoms with Gasteiger partial charge in [0.1, 0.15) is 5.69 Å². The van der Waals surface area contributed by atoms with Crippen LogP contribution in [0.15, 0.2) is 47.5 Å². The lowest BCUT2D eigenvalue weighted by Gasteiger charge is -2.28. The van der Waals surface area contributed by atoms with Gasteiger partial charge in [-0.05, 0) is 38.0 Å². The van der Waals surface area contributed by atoms with Crippen LogP contribution in [0, 0.1) is 5.92 Å². The Morgan fingerprint density at radius 1 is 1.15 bits per heavy atom. The van der Waals surface area contributed by atoms with Crippen LogP contribution in [0.3, 0.4) is 0 Å². The predicted octanol–water partition coefficient (Wildman–Crippen LogP) is 4.38. The summed E-state index contributed by atoms with van der Waals surface area (Å²) in [6.45, 7) is 9.23. The predicted molar refractivity (Wildman–Crippen MR) is 129 cm³/mol. The molecular formula is C22H27ClN6O3S. The Kier molecular flexibility index (Phi) is 7.38. The van der Waals surface area contributed by atoms with Crippen LogP contribution in [0.5, 0.6) is 0 Å². The van der Waals surface area contributed by atoms with Crippen LogP contribution in [0.25, 0.3) is 11.5 Å². The van der Waals surface area contributed by atoms with Gasteiger partial charge in [-0.25, -0.2) is 13.4 Å². The molecule has 0 aliphatic heterocycles. The minimum Gasteiger partial charge on any atom is -0.295 e. The molecule has 0 aliphatic carbocycles. The molecule has 3 rings (SSSR count). The Bertz CT molecular complexity index is 1240. The van der Waals surface area contributed by atoms with Crippen molar-refractivity contribution >= 4 is 39.2 Å². The third kappa shape index (κ3) is 5.33. The molecule has 2 heterocycles. The number of carbonyl (C=O) groups excluding carboxylic acids is 1. The number of pyridine rings is 1. The molecule has 0 bridgehead atoms. The highest BCUT2D eigenvalue weighted by Crippen LogP contribution is 2.36. The summed E-state index contributed by atoms with van der Waals surface area (Å²) in [5, 5.41) is 11.3. The third-order valence-corrected chi connectivity index (χ3v) is 6.68. The lowest BCUT2D eigenvalue weighted by molar-refractivity contribution is -0.114. The largest absolute Gasteiger partial charge is 0.295 e. The standard InChI is InChI=1S/C22H27ClN6O3S/c1-14(2)13-28(33(31,32)18-9-7-6-8-10-18)19-11-17(23)12-24-20(19)21-26-27-22(25-16(5)30)29(21)15(3)4/h6-12,14-15H,13H2,1-5H3,(H,25,27,30). The van der Waals surface area contributed by atoms with E-state index in [9.17, 15) is 13.2 Å². The molecule has 2 aromatic heterocycles. The summed E-state index contributed by atoms with van der Waals surface area (Å²) in [6.07, 6.45) is 1.43. The Labute approximate surface area is 198 Å². The van der Waals surface area contributed by atoms with Crippen molar-refractivity contribution < 1.29 is 13.2 Å². The Hall–Kier alpha value is -2.98. The molecule has 0 atom stereocenters. The van der Waals surface area contributed by atoms with Crippen molar-refractivity contribution in [1.82, 2.24) is 19.7 Å². The second-order valence-electron chi connectivity index (χ2n) is 8.26. The fourth-order valence-electron chi connectivity index (χ4n) is 3.35. The van der Waals surface area contributed by atoms with Crippen molar-refractivity contribution in [3.63, 3.8) is 0 Å². The van der Waals surface area contributed by atoms with E-state index in [0.29, 0.717) is 5.82 Å². The minimum atomic E-state index is -3.93. The van der Waals surface area contributed by atoms with Gasteiger partial charge >= 0.3 is 0 Å². The van der Waals surface area contributed by atoms with E-state index in [1.165, 1.54) is 17.4 Å². The molecule has 0 spiro atoms. The van der Waals surface area contributed by atoms with Gasteiger partial charge in [0.25, 0.3) is 10.0 Å². The monoisotopic (exact) mass is 490 g/mol. The van der Waals surface area contributed by atoms with E-state index in [0.717, 1.165) is 0 Å². The average molecular weight is 491 g/mol. The van der Waals surface area contributed by atoms with Crippen molar-refractivity contribution in [2.24, 2.45) is 5.92 Å². The minimum absolute atomic E-state index is 0.00762. The highest BCUT2D eigenvalue weighted by atomic mass is 35.5. The first kappa shape index (κ1) is 24.7. The van der Waals surface area contributed by atoms with E-state index in [1.54, 1.807) is 41.0 Å². The number of aromatic nitrogens is 4. The molecule has 9 nitrogen and oxygen atoms in total. The Balaban J connectivity index is 2.27. The number of nitrogens with zero attached hydrogens (tertiary/aromatic N) is 5. The number of anilines is 2. The second-order valence-corrected chi connectivity index (χ2v) is 10.6. The zero-order chi connectivity index (χ0) is 24.3.